The molecule has 1 aromatic heterocycles. The molecule has 0 bridgehead atoms. The second-order valence-electron chi connectivity index (χ2n) is 3.15. The van der Waals surface area contributed by atoms with Gasteiger partial charge in [-0.1, -0.05) is 0 Å². The topological polar surface area (TPSA) is 68.4 Å². The summed E-state index contributed by atoms with van der Waals surface area (Å²) in [5.74, 6) is 0.718. The SMILES string of the molecule is Nc1ccc(OCCO)c2ccncc12. The number of benzene rings is 1. The van der Waals surface area contributed by atoms with Crippen LogP contribution in [0.25, 0.3) is 10.8 Å². The Hall–Kier alpha value is -1.81. The van der Waals surface area contributed by atoms with Crippen LogP contribution in [0, 0.1) is 0 Å². The van der Waals surface area contributed by atoms with E-state index in [1.54, 1.807) is 24.5 Å². The summed E-state index contributed by atoms with van der Waals surface area (Å²) >= 11 is 0. The zero-order chi connectivity index (χ0) is 10.7. The van der Waals surface area contributed by atoms with E-state index in [1.165, 1.54) is 0 Å². The van der Waals surface area contributed by atoms with Gasteiger partial charge in [-0.3, -0.25) is 4.98 Å². The Morgan fingerprint density at radius 1 is 1.27 bits per heavy atom. The molecule has 15 heavy (non-hydrogen) atoms. The van der Waals surface area contributed by atoms with Crippen LogP contribution >= 0.6 is 0 Å². The fraction of sp³-hybridized carbons (Fsp3) is 0.182. The summed E-state index contributed by atoms with van der Waals surface area (Å²) in [5, 5.41) is 10.5. The number of aliphatic hydroxyl groups excluding tert-OH is 1. The van der Waals surface area contributed by atoms with E-state index in [2.05, 4.69) is 4.98 Å². The highest BCUT2D eigenvalue weighted by molar-refractivity contribution is 5.96. The Morgan fingerprint density at radius 2 is 2.13 bits per heavy atom. The Balaban J connectivity index is 2.51. The molecule has 2 aromatic rings. The molecule has 0 amide bonds. The first kappa shape index (κ1) is 9.73. The number of rotatable bonds is 3. The lowest BCUT2D eigenvalue weighted by molar-refractivity contribution is 0.203. The van der Waals surface area contributed by atoms with Crippen LogP contribution in [-0.4, -0.2) is 23.3 Å². The fourth-order valence-electron chi connectivity index (χ4n) is 1.47. The number of hydrogen-bond acceptors (Lipinski definition) is 4. The zero-order valence-corrected chi connectivity index (χ0v) is 8.18. The van der Waals surface area contributed by atoms with Crippen LogP contribution in [0.3, 0.4) is 0 Å². The number of hydrogen-bond donors (Lipinski definition) is 2. The number of nitrogen functional groups attached to an aromatic ring is 1. The molecule has 1 aromatic carbocycles. The first-order valence-electron chi connectivity index (χ1n) is 4.69. The molecule has 0 aliphatic rings. The number of fused-ring (bicyclic) bond motifs is 1. The van der Waals surface area contributed by atoms with Gasteiger partial charge in [-0.05, 0) is 18.2 Å². The number of nitrogens with zero attached hydrogens (tertiary/aromatic N) is 1. The van der Waals surface area contributed by atoms with E-state index in [-0.39, 0.29) is 13.2 Å². The molecular weight excluding hydrogens is 192 g/mol. The molecule has 2 rings (SSSR count). The van der Waals surface area contributed by atoms with Crippen LogP contribution in [0.15, 0.2) is 30.6 Å². The molecule has 0 atom stereocenters. The average Bonchev–Trinajstić information content (AvgIpc) is 2.29. The number of anilines is 1. The Labute approximate surface area is 87.3 Å². The van der Waals surface area contributed by atoms with Gasteiger partial charge in [0.05, 0.1) is 6.61 Å². The van der Waals surface area contributed by atoms with Crippen molar-refractivity contribution in [3.63, 3.8) is 0 Å². The van der Waals surface area contributed by atoms with Crippen molar-refractivity contribution >= 4 is 16.5 Å². The van der Waals surface area contributed by atoms with Crippen molar-refractivity contribution < 1.29 is 9.84 Å². The molecule has 0 radical (unpaired) electrons. The minimum atomic E-state index is -0.00302. The molecule has 4 nitrogen and oxygen atoms in total. The Morgan fingerprint density at radius 3 is 2.93 bits per heavy atom. The van der Waals surface area contributed by atoms with E-state index >= 15 is 0 Å². The predicted octanol–water partition coefficient (Wildman–Crippen LogP) is 1.19. The van der Waals surface area contributed by atoms with Gasteiger partial charge < -0.3 is 15.6 Å². The summed E-state index contributed by atoms with van der Waals surface area (Å²) in [6.45, 7) is 0.276. The maximum atomic E-state index is 8.69. The summed E-state index contributed by atoms with van der Waals surface area (Å²) in [7, 11) is 0. The molecule has 0 aliphatic heterocycles. The van der Waals surface area contributed by atoms with Crippen molar-refractivity contribution in [2.75, 3.05) is 18.9 Å². The largest absolute Gasteiger partial charge is 0.491 e. The standard InChI is InChI=1S/C11H12N2O2/c12-10-1-2-11(15-6-5-14)8-3-4-13-7-9(8)10/h1-4,7,14H,5-6,12H2. The molecule has 3 N–H and O–H groups in total. The van der Waals surface area contributed by atoms with Gasteiger partial charge in [-0.25, -0.2) is 0 Å². The maximum absolute atomic E-state index is 8.69. The van der Waals surface area contributed by atoms with E-state index in [1.807, 2.05) is 6.07 Å². The van der Waals surface area contributed by atoms with E-state index in [4.69, 9.17) is 15.6 Å². The van der Waals surface area contributed by atoms with E-state index in [0.717, 1.165) is 16.5 Å². The second kappa shape index (κ2) is 4.14. The van der Waals surface area contributed by atoms with Crippen LogP contribution in [0.1, 0.15) is 0 Å². The van der Waals surface area contributed by atoms with Crippen molar-refractivity contribution in [3.05, 3.63) is 30.6 Å². The lowest BCUT2D eigenvalue weighted by atomic mass is 10.1. The zero-order valence-electron chi connectivity index (χ0n) is 8.18. The first-order valence-corrected chi connectivity index (χ1v) is 4.69. The van der Waals surface area contributed by atoms with Crippen molar-refractivity contribution in [2.45, 2.75) is 0 Å². The second-order valence-corrected chi connectivity index (χ2v) is 3.15. The number of aromatic nitrogens is 1. The molecule has 0 unspecified atom stereocenters. The number of pyridine rings is 1. The summed E-state index contributed by atoms with van der Waals surface area (Å²) in [4.78, 5) is 4.01. The third-order valence-corrected chi connectivity index (χ3v) is 2.16. The smallest absolute Gasteiger partial charge is 0.127 e. The summed E-state index contributed by atoms with van der Waals surface area (Å²) in [5.41, 5.74) is 6.48. The van der Waals surface area contributed by atoms with E-state index in [9.17, 15) is 0 Å². The minimum absolute atomic E-state index is 0.00302. The maximum Gasteiger partial charge on any atom is 0.127 e. The van der Waals surface area contributed by atoms with Crippen molar-refractivity contribution in [3.8, 4) is 5.75 Å². The molecule has 1 heterocycles. The quantitative estimate of drug-likeness (QED) is 0.737. The number of aliphatic hydroxyl groups is 1. The highest BCUT2D eigenvalue weighted by atomic mass is 16.5. The van der Waals surface area contributed by atoms with Gasteiger partial charge in [-0.15, -0.1) is 0 Å². The Kier molecular flexibility index (Phi) is 2.69. The molecule has 0 aliphatic carbocycles. The molecule has 4 heteroatoms. The van der Waals surface area contributed by atoms with Crippen LogP contribution in [0.5, 0.6) is 5.75 Å². The van der Waals surface area contributed by atoms with Gasteiger partial charge in [-0.2, -0.15) is 0 Å². The van der Waals surface area contributed by atoms with Crippen molar-refractivity contribution in [1.82, 2.24) is 4.98 Å². The molecule has 0 fully saturated rings. The predicted molar refractivity (Wildman–Crippen MR) is 58.7 cm³/mol. The first-order chi connectivity index (χ1) is 7.33. The highest BCUT2D eigenvalue weighted by Crippen LogP contribution is 2.28. The highest BCUT2D eigenvalue weighted by Gasteiger charge is 2.04. The van der Waals surface area contributed by atoms with Gasteiger partial charge in [0.25, 0.3) is 0 Å². The number of ether oxygens (including phenoxy) is 1. The monoisotopic (exact) mass is 204 g/mol. The summed E-state index contributed by atoms with van der Waals surface area (Å²) in [6.07, 6.45) is 3.39. The molecule has 0 spiro atoms. The third-order valence-electron chi connectivity index (χ3n) is 2.16. The van der Waals surface area contributed by atoms with Crippen LogP contribution in [0.4, 0.5) is 5.69 Å². The van der Waals surface area contributed by atoms with Gasteiger partial charge in [0.1, 0.15) is 12.4 Å². The summed E-state index contributed by atoms with van der Waals surface area (Å²) in [6, 6.07) is 5.42. The normalized spacial score (nSPS) is 10.5. The van der Waals surface area contributed by atoms with Gasteiger partial charge in [0.2, 0.25) is 0 Å². The van der Waals surface area contributed by atoms with Crippen molar-refractivity contribution in [1.29, 1.82) is 0 Å². The van der Waals surface area contributed by atoms with Gasteiger partial charge in [0, 0.05) is 28.9 Å². The van der Waals surface area contributed by atoms with Crippen LogP contribution in [-0.2, 0) is 0 Å². The number of nitrogens with two attached hydrogens (primary N) is 1. The third kappa shape index (κ3) is 1.85. The molecular formula is C11H12N2O2. The minimum Gasteiger partial charge on any atom is -0.491 e. The average molecular weight is 204 g/mol. The Bertz CT molecular complexity index is 471. The lowest BCUT2D eigenvalue weighted by Crippen LogP contribution is -2.02. The van der Waals surface area contributed by atoms with Gasteiger partial charge >= 0.3 is 0 Å². The lowest BCUT2D eigenvalue weighted by Gasteiger charge is -2.09. The molecule has 78 valence electrons. The fourth-order valence-corrected chi connectivity index (χ4v) is 1.47. The molecule has 0 saturated heterocycles. The van der Waals surface area contributed by atoms with Crippen LogP contribution in [0.2, 0.25) is 0 Å². The van der Waals surface area contributed by atoms with Gasteiger partial charge in [0.15, 0.2) is 0 Å². The summed E-state index contributed by atoms with van der Waals surface area (Å²) < 4.78 is 5.39. The van der Waals surface area contributed by atoms with E-state index < -0.39 is 0 Å². The molecule has 0 saturated carbocycles. The van der Waals surface area contributed by atoms with Crippen molar-refractivity contribution in [2.24, 2.45) is 0 Å². The van der Waals surface area contributed by atoms with E-state index in [0.29, 0.717) is 5.69 Å². The van der Waals surface area contributed by atoms with Crippen LogP contribution < -0.4 is 10.5 Å².